The fourth-order valence-corrected chi connectivity index (χ4v) is 3.94. The van der Waals surface area contributed by atoms with Crippen LogP contribution in [0, 0.1) is 0 Å². The maximum Gasteiger partial charge on any atom is 0.0784 e. The van der Waals surface area contributed by atoms with Crippen molar-refractivity contribution in [1.82, 2.24) is 0 Å². The highest BCUT2D eigenvalue weighted by Crippen LogP contribution is 2.14. The van der Waals surface area contributed by atoms with Crippen LogP contribution in [0.2, 0.25) is 0 Å². The van der Waals surface area contributed by atoms with Gasteiger partial charge in [0.25, 0.3) is 0 Å². The van der Waals surface area contributed by atoms with E-state index in [4.69, 9.17) is 0 Å². The molecule has 0 aliphatic carbocycles. The Bertz CT molecular complexity index is 263. The van der Waals surface area contributed by atoms with Crippen molar-refractivity contribution in [2.75, 3.05) is 26.7 Å². The quantitative estimate of drug-likeness (QED) is 0.175. The van der Waals surface area contributed by atoms with Crippen LogP contribution in [0.1, 0.15) is 136 Å². The van der Waals surface area contributed by atoms with Crippen LogP contribution in [-0.4, -0.2) is 31.2 Å². The molecule has 0 aliphatic rings. The molecule has 1 nitrogen and oxygen atoms in total. The maximum absolute atomic E-state index is 2.41. The fourth-order valence-electron chi connectivity index (χ4n) is 3.94. The Balaban J connectivity index is 0. The van der Waals surface area contributed by atoms with Crippen molar-refractivity contribution >= 4 is 0 Å². The van der Waals surface area contributed by atoms with Crippen LogP contribution in [-0.2, 0) is 0 Å². The molecule has 0 fully saturated rings. The van der Waals surface area contributed by atoms with Gasteiger partial charge in [-0.3, -0.25) is 0 Å². The molecule has 0 saturated heterocycles. The van der Waals surface area contributed by atoms with Crippen LogP contribution >= 0.6 is 0 Å². The summed E-state index contributed by atoms with van der Waals surface area (Å²) in [7, 11) is 2.41. The van der Waals surface area contributed by atoms with E-state index in [1.165, 1.54) is 140 Å². The molecule has 0 amide bonds. The zero-order chi connectivity index (χ0) is 19.3. The normalized spacial score (nSPS) is 11.6. The van der Waals surface area contributed by atoms with E-state index in [9.17, 15) is 0 Å². The van der Waals surface area contributed by atoms with Gasteiger partial charge in [0.1, 0.15) is 0 Å². The second-order valence-corrected chi connectivity index (χ2v) is 8.99. The predicted molar refractivity (Wildman–Crippen MR) is 121 cm³/mol. The Labute approximate surface area is 180 Å². The second-order valence-electron chi connectivity index (χ2n) is 8.99. The standard InChI is InChI=1S/C25H54N.ClH/c1-5-8-9-10-11-12-13-14-15-16-17-18-19-20-21-22-23-24-25-26(4,6-2)7-3;/h5-25H2,1-4H3;1H/q+1;/p-1. The number of nitrogens with zero attached hydrogens (tertiary/aromatic N) is 1. The molecule has 2 heteroatoms. The van der Waals surface area contributed by atoms with Gasteiger partial charge in [-0.1, -0.05) is 110 Å². The molecule has 0 aromatic heterocycles. The molecule has 0 saturated carbocycles. The van der Waals surface area contributed by atoms with Crippen molar-refractivity contribution in [3.63, 3.8) is 0 Å². The Morgan fingerprint density at radius 3 is 0.926 bits per heavy atom. The van der Waals surface area contributed by atoms with Crippen LogP contribution in [0.4, 0.5) is 0 Å². The third-order valence-corrected chi connectivity index (χ3v) is 6.58. The minimum Gasteiger partial charge on any atom is -1.00 e. The number of halogens is 1. The summed E-state index contributed by atoms with van der Waals surface area (Å²) in [6.07, 6.45) is 26.4. The first-order valence-electron chi connectivity index (χ1n) is 12.5. The summed E-state index contributed by atoms with van der Waals surface area (Å²) in [6, 6.07) is 0. The Hall–Kier alpha value is 0.250. The van der Waals surface area contributed by atoms with Gasteiger partial charge in [0.15, 0.2) is 0 Å². The van der Waals surface area contributed by atoms with Crippen molar-refractivity contribution in [1.29, 1.82) is 0 Å². The molecule has 0 heterocycles. The van der Waals surface area contributed by atoms with E-state index in [1.54, 1.807) is 0 Å². The Morgan fingerprint density at radius 1 is 0.407 bits per heavy atom. The van der Waals surface area contributed by atoms with E-state index in [2.05, 4.69) is 27.8 Å². The minimum absolute atomic E-state index is 0. The first kappa shape index (κ1) is 29.5. The molecular formula is C25H54ClN. The van der Waals surface area contributed by atoms with Gasteiger partial charge in [-0.15, -0.1) is 0 Å². The van der Waals surface area contributed by atoms with Gasteiger partial charge in [-0.2, -0.15) is 0 Å². The van der Waals surface area contributed by atoms with Crippen LogP contribution in [0.3, 0.4) is 0 Å². The lowest BCUT2D eigenvalue weighted by molar-refractivity contribution is -0.906. The summed E-state index contributed by atoms with van der Waals surface area (Å²) in [5, 5.41) is 0. The van der Waals surface area contributed by atoms with Crippen LogP contribution in [0.25, 0.3) is 0 Å². The van der Waals surface area contributed by atoms with Gasteiger partial charge in [-0.25, -0.2) is 0 Å². The molecular weight excluding hydrogens is 350 g/mol. The van der Waals surface area contributed by atoms with Crippen molar-refractivity contribution in [3.8, 4) is 0 Å². The van der Waals surface area contributed by atoms with Crippen molar-refractivity contribution in [2.45, 2.75) is 136 Å². The van der Waals surface area contributed by atoms with E-state index in [0.29, 0.717) is 0 Å². The second kappa shape index (κ2) is 22.5. The summed E-state index contributed by atoms with van der Waals surface area (Å²) in [5.41, 5.74) is 0. The zero-order valence-corrected chi connectivity index (χ0v) is 20.4. The molecule has 166 valence electrons. The summed E-state index contributed by atoms with van der Waals surface area (Å²) < 4.78 is 1.26. The van der Waals surface area contributed by atoms with Gasteiger partial charge in [0.05, 0.1) is 26.7 Å². The van der Waals surface area contributed by atoms with E-state index in [0.717, 1.165) is 0 Å². The summed E-state index contributed by atoms with van der Waals surface area (Å²) in [5.74, 6) is 0. The first-order valence-corrected chi connectivity index (χ1v) is 12.5. The SMILES string of the molecule is CCCCCCCCCCCCCCCCCCCC[N+](C)(CC)CC.[Cl-]. The minimum atomic E-state index is 0. The lowest BCUT2D eigenvalue weighted by Gasteiger charge is -2.32. The smallest absolute Gasteiger partial charge is 0.0784 e. The lowest BCUT2D eigenvalue weighted by Crippen LogP contribution is -3.00. The van der Waals surface area contributed by atoms with Gasteiger partial charge in [-0.05, 0) is 26.7 Å². The Morgan fingerprint density at radius 2 is 0.667 bits per heavy atom. The molecule has 27 heavy (non-hydrogen) atoms. The number of hydrogen-bond donors (Lipinski definition) is 0. The van der Waals surface area contributed by atoms with E-state index in [1.807, 2.05) is 0 Å². The summed E-state index contributed by atoms with van der Waals surface area (Å²) in [6.45, 7) is 10.9. The fraction of sp³-hybridized carbons (Fsp3) is 1.00. The molecule has 0 aromatic rings. The molecule has 0 spiro atoms. The number of hydrogen-bond acceptors (Lipinski definition) is 0. The van der Waals surface area contributed by atoms with Crippen LogP contribution in [0.5, 0.6) is 0 Å². The van der Waals surface area contributed by atoms with Crippen molar-refractivity contribution < 1.29 is 16.9 Å². The molecule has 0 unspecified atom stereocenters. The molecule has 0 aromatic carbocycles. The molecule has 0 bridgehead atoms. The largest absolute Gasteiger partial charge is 1.00 e. The van der Waals surface area contributed by atoms with Crippen LogP contribution < -0.4 is 12.4 Å². The molecule has 0 rings (SSSR count). The van der Waals surface area contributed by atoms with Gasteiger partial charge < -0.3 is 16.9 Å². The summed E-state index contributed by atoms with van der Waals surface area (Å²) >= 11 is 0. The third-order valence-electron chi connectivity index (χ3n) is 6.58. The molecule has 0 N–H and O–H groups in total. The summed E-state index contributed by atoms with van der Waals surface area (Å²) in [4.78, 5) is 0. The third kappa shape index (κ3) is 20.8. The monoisotopic (exact) mass is 403 g/mol. The Kier molecular flexibility index (Phi) is 24.6. The van der Waals surface area contributed by atoms with Gasteiger partial charge >= 0.3 is 0 Å². The topological polar surface area (TPSA) is 0 Å². The number of quaternary nitrogens is 1. The number of rotatable bonds is 21. The average Bonchev–Trinajstić information content (AvgIpc) is 2.66. The predicted octanol–water partition coefficient (Wildman–Crippen LogP) is 5.52. The average molecular weight is 404 g/mol. The molecule has 0 aliphatic heterocycles. The molecule has 0 radical (unpaired) electrons. The van der Waals surface area contributed by atoms with E-state index >= 15 is 0 Å². The first-order chi connectivity index (χ1) is 12.7. The van der Waals surface area contributed by atoms with Gasteiger partial charge in [0, 0.05) is 0 Å². The van der Waals surface area contributed by atoms with Crippen LogP contribution in [0.15, 0.2) is 0 Å². The van der Waals surface area contributed by atoms with Gasteiger partial charge in [0.2, 0.25) is 0 Å². The van der Waals surface area contributed by atoms with E-state index < -0.39 is 0 Å². The molecule has 0 atom stereocenters. The zero-order valence-electron chi connectivity index (χ0n) is 19.7. The van der Waals surface area contributed by atoms with E-state index in [-0.39, 0.29) is 12.4 Å². The van der Waals surface area contributed by atoms with Crippen molar-refractivity contribution in [2.24, 2.45) is 0 Å². The highest BCUT2D eigenvalue weighted by atomic mass is 35.5. The maximum atomic E-state index is 2.41. The highest BCUT2D eigenvalue weighted by molar-refractivity contribution is 4.50. The lowest BCUT2D eigenvalue weighted by atomic mass is 10.0. The van der Waals surface area contributed by atoms with Crippen molar-refractivity contribution in [3.05, 3.63) is 0 Å². The number of unbranched alkanes of at least 4 members (excludes halogenated alkanes) is 17. The highest BCUT2D eigenvalue weighted by Gasteiger charge is 2.14.